The zero-order valence-corrected chi connectivity index (χ0v) is 11.6. The quantitative estimate of drug-likeness (QED) is 0.705. The Balaban J connectivity index is 3.60. The van der Waals surface area contributed by atoms with Crippen molar-refractivity contribution in [2.75, 3.05) is 5.75 Å². The van der Waals surface area contributed by atoms with Gasteiger partial charge in [0.1, 0.15) is 5.25 Å². The molecule has 2 atom stereocenters. The molecular formula is C12H24O3S. The van der Waals surface area contributed by atoms with E-state index >= 15 is 0 Å². The molecule has 0 aromatic heterocycles. The smallest absolute Gasteiger partial charge is 0.318 e. The van der Waals surface area contributed by atoms with Gasteiger partial charge in [0.15, 0.2) is 0 Å². The predicted molar refractivity (Wildman–Crippen MR) is 68.0 cm³/mol. The molecule has 0 heterocycles. The predicted octanol–water partition coefficient (Wildman–Crippen LogP) is 2.81. The van der Waals surface area contributed by atoms with Crippen molar-refractivity contribution in [1.29, 1.82) is 0 Å². The average Bonchev–Trinajstić information content (AvgIpc) is 2.13. The number of unbranched alkanes of at least 4 members (excludes halogenated alkanes) is 2. The summed E-state index contributed by atoms with van der Waals surface area (Å²) in [7, 11) is -1.22. The molecular weight excluding hydrogens is 224 g/mol. The first-order valence-electron chi connectivity index (χ1n) is 5.84. The van der Waals surface area contributed by atoms with E-state index in [4.69, 9.17) is 5.11 Å². The van der Waals surface area contributed by atoms with Crippen LogP contribution in [0, 0.1) is 5.41 Å². The molecule has 0 fully saturated rings. The van der Waals surface area contributed by atoms with Crippen molar-refractivity contribution < 1.29 is 14.1 Å². The van der Waals surface area contributed by atoms with Crippen molar-refractivity contribution in [1.82, 2.24) is 0 Å². The van der Waals surface area contributed by atoms with Gasteiger partial charge in [-0.3, -0.25) is 9.00 Å². The largest absolute Gasteiger partial charge is 0.480 e. The lowest BCUT2D eigenvalue weighted by Crippen LogP contribution is -2.23. The summed E-state index contributed by atoms with van der Waals surface area (Å²) in [6.45, 7) is 8.13. The summed E-state index contributed by atoms with van der Waals surface area (Å²) in [5.74, 6) is -0.453. The third-order valence-corrected chi connectivity index (χ3v) is 4.20. The molecule has 0 rings (SSSR count). The number of hydrogen-bond donors (Lipinski definition) is 1. The second-order valence-electron chi connectivity index (χ2n) is 5.44. The molecule has 3 nitrogen and oxygen atoms in total. The van der Waals surface area contributed by atoms with Gasteiger partial charge in [-0.15, -0.1) is 0 Å². The first-order valence-corrected chi connectivity index (χ1v) is 7.22. The van der Waals surface area contributed by atoms with E-state index in [0.29, 0.717) is 11.2 Å². The average molecular weight is 248 g/mol. The van der Waals surface area contributed by atoms with Gasteiger partial charge in [-0.1, -0.05) is 33.6 Å². The van der Waals surface area contributed by atoms with Gasteiger partial charge in [0.2, 0.25) is 0 Å². The summed E-state index contributed by atoms with van der Waals surface area (Å²) in [5.41, 5.74) is 0.355. The monoisotopic (exact) mass is 248 g/mol. The van der Waals surface area contributed by atoms with Gasteiger partial charge in [0, 0.05) is 16.6 Å². The first kappa shape index (κ1) is 15.6. The molecule has 0 saturated carbocycles. The zero-order valence-electron chi connectivity index (χ0n) is 10.8. The Morgan fingerprint density at radius 2 is 1.81 bits per heavy atom. The van der Waals surface area contributed by atoms with Gasteiger partial charge >= 0.3 is 5.97 Å². The molecule has 0 radical (unpaired) electrons. The molecule has 2 unspecified atom stereocenters. The highest BCUT2D eigenvalue weighted by atomic mass is 32.2. The summed E-state index contributed by atoms with van der Waals surface area (Å²) < 4.78 is 11.5. The maximum atomic E-state index is 11.5. The highest BCUT2D eigenvalue weighted by molar-refractivity contribution is 7.86. The standard InChI is InChI=1S/C12H24O3S/c1-10(11(13)14)16(15)9-7-5-6-8-12(2,3)4/h10H,5-9H2,1-4H3,(H,13,14). The molecule has 16 heavy (non-hydrogen) atoms. The van der Waals surface area contributed by atoms with E-state index in [2.05, 4.69) is 20.8 Å². The Kier molecular flexibility index (Phi) is 6.88. The van der Waals surface area contributed by atoms with E-state index in [1.54, 1.807) is 0 Å². The molecule has 0 aromatic rings. The van der Waals surface area contributed by atoms with E-state index in [1.165, 1.54) is 6.92 Å². The van der Waals surface area contributed by atoms with Crippen LogP contribution in [0.2, 0.25) is 0 Å². The number of hydrogen-bond acceptors (Lipinski definition) is 2. The van der Waals surface area contributed by atoms with Crippen LogP contribution < -0.4 is 0 Å². The van der Waals surface area contributed by atoms with Gasteiger partial charge in [0.05, 0.1) is 0 Å². The number of carboxylic acid groups (broad SMARTS) is 1. The van der Waals surface area contributed by atoms with Crippen molar-refractivity contribution in [3.63, 3.8) is 0 Å². The summed E-state index contributed by atoms with van der Waals surface area (Å²) in [5, 5.41) is 7.94. The highest BCUT2D eigenvalue weighted by Gasteiger charge is 2.18. The topological polar surface area (TPSA) is 54.4 Å². The molecule has 0 aromatic carbocycles. The normalized spacial score (nSPS) is 15.8. The number of aliphatic carboxylic acids is 1. The number of carboxylic acids is 1. The molecule has 1 N–H and O–H groups in total. The third kappa shape index (κ3) is 7.85. The van der Waals surface area contributed by atoms with Gasteiger partial charge in [-0.25, -0.2) is 0 Å². The second-order valence-corrected chi connectivity index (χ2v) is 7.31. The lowest BCUT2D eigenvalue weighted by atomic mass is 9.90. The van der Waals surface area contributed by atoms with E-state index < -0.39 is 22.0 Å². The van der Waals surface area contributed by atoms with Gasteiger partial charge in [-0.05, 0) is 25.2 Å². The zero-order chi connectivity index (χ0) is 12.8. The Labute approximate surface area is 101 Å². The fraction of sp³-hybridized carbons (Fsp3) is 0.917. The minimum absolute atomic E-state index is 0.355. The number of carbonyl (C=O) groups is 1. The minimum atomic E-state index is -1.22. The fourth-order valence-corrected chi connectivity index (χ4v) is 2.43. The van der Waals surface area contributed by atoms with Crippen molar-refractivity contribution >= 4 is 16.8 Å². The Morgan fingerprint density at radius 3 is 2.25 bits per heavy atom. The van der Waals surface area contributed by atoms with Crippen molar-refractivity contribution in [3.05, 3.63) is 0 Å². The van der Waals surface area contributed by atoms with Crippen LogP contribution in [0.4, 0.5) is 0 Å². The van der Waals surface area contributed by atoms with Gasteiger partial charge < -0.3 is 5.11 Å². The second kappa shape index (κ2) is 7.05. The van der Waals surface area contributed by atoms with Crippen LogP contribution in [-0.4, -0.2) is 26.3 Å². The molecule has 0 spiro atoms. The van der Waals surface area contributed by atoms with E-state index in [0.717, 1.165) is 25.7 Å². The molecule has 0 aliphatic rings. The van der Waals surface area contributed by atoms with Crippen LogP contribution in [0.15, 0.2) is 0 Å². The SMILES string of the molecule is CC(C(=O)O)S(=O)CCCCCC(C)(C)C. The van der Waals surface area contributed by atoms with Crippen LogP contribution >= 0.6 is 0 Å². The molecule has 0 aliphatic heterocycles. The van der Waals surface area contributed by atoms with Crippen LogP contribution in [0.25, 0.3) is 0 Å². The molecule has 0 amide bonds. The van der Waals surface area contributed by atoms with E-state index in [1.807, 2.05) is 0 Å². The van der Waals surface area contributed by atoms with Crippen LogP contribution in [0.5, 0.6) is 0 Å². The van der Waals surface area contributed by atoms with Gasteiger partial charge in [0.25, 0.3) is 0 Å². The lowest BCUT2D eigenvalue weighted by molar-refractivity contribution is -0.136. The Hall–Kier alpha value is -0.380. The molecule has 96 valence electrons. The Bertz CT molecular complexity index is 243. The third-order valence-electron chi connectivity index (χ3n) is 2.51. The maximum absolute atomic E-state index is 11.5. The number of rotatable bonds is 7. The summed E-state index contributed by atoms with van der Waals surface area (Å²) in [6, 6.07) is 0. The summed E-state index contributed by atoms with van der Waals surface area (Å²) >= 11 is 0. The van der Waals surface area contributed by atoms with E-state index in [-0.39, 0.29) is 0 Å². The van der Waals surface area contributed by atoms with Crippen LogP contribution in [-0.2, 0) is 15.6 Å². The molecule has 0 aliphatic carbocycles. The van der Waals surface area contributed by atoms with Crippen molar-refractivity contribution in [2.24, 2.45) is 5.41 Å². The van der Waals surface area contributed by atoms with Gasteiger partial charge in [-0.2, -0.15) is 0 Å². The summed E-state index contributed by atoms with van der Waals surface area (Å²) in [6.07, 6.45) is 4.19. The maximum Gasteiger partial charge on any atom is 0.318 e. The Morgan fingerprint density at radius 1 is 1.25 bits per heavy atom. The fourth-order valence-electron chi connectivity index (χ4n) is 1.37. The van der Waals surface area contributed by atoms with Crippen molar-refractivity contribution in [3.8, 4) is 0 Å². The lowest BCUT2D eigenvalue weighted by Gasteiger charge is -2.17. The highest BCUT2D eigenvalue weighted by Crippen LogP contribution is 2.22. The van der Waals surface area contributed by atoms with Crippen LogP contribution in [0.1, 0.15) is 53.4 Å². The van der Waals surface area contributed by atoms with Crippen molar-refractivity contribution in [2.45, 2.75) is 58.6 Å². The molecule has 4 heteroatoms. The molecule has 0 bridgehead atoms. The summed E-state index contributed by atoms with van der Waals surface area (Å²) in [4.78, 5) is 10.6. The minimum Gasteiger partial charge on any atom is -0.480 e. The van der Waals surface area contributed by atoms with E-state index in [9.17, 15) is 9.00 Å². The molecule has 0 saturated heterocycles. The first-order chi connectivity index (χ1) is 7.24. The van der Waals surface area contributed by atoms with Crippen LogP contribution in [0.3, 0.4) is 0 Å².